The van der Waals surface area contributed by atoms with Gasteiger partial charge in [-0.05, 0) is 12.8 Å². The van der Waals surface area contributed by atoms with E-state index >= 15 is 0 Å². The van der Waals surface area contributed by atoms with Crippen molar-refractivity contribution in [1.82, 2.24) is 10.1 Å². The van der Waals surface area contributed by atoms with Gasteiger partial charge in [-0.1, -0.05) is 5.16 Å². The van der Waals surface area contributed by atoms with Crippen molar-refractivity contribution in [2.24, 2.45) is 0 Å². The van der Waals surface area contributed by atoms with Crippen LogP contribution in [0.15, 0.2) is 4.52 Å². The topological polar surface area (TPSA) is 74.2 Å². The Morgan fingerprint density at radius 2 is 2.50 bits per heavy atom. The van der Waals surface area contributed by atoms with Gasteiger partial charge in [0.05, 0.1) is 6.10 Å². The van der Waals surface area contributed by atoms with Crippen LogP contribution in [0, 0.1) is 0 Å². The minimum atomic E-state index is 0.128. The van der Waals surface area contributed by atoms with Crippen molar-refractivity contribution < 1.29 is 9.26 Å². The number of ether oxygens (including phenoxy) is 1. The lowest BCUT2D eigenvalue weighted by Gasteiger charge is -2.03. The molecular formula is C7H11N3O2. The van der Waals surface area contributed by atoms with E-state index in [1.165, 1.54) is 0 Å². The monoisotopic (exact) mass is 169 g/mol. The molecule has 1 saturated heterocycles. The van der Waals surface area contributed by atoms with Gasteiger partial charge < -0.3 is 15.0 Å². The highest BCUT2D eigenvalue weighted by Crippen LogP contribution is 2.15. The summed E-state index contributed by atoms with van der Waals surface area (Å²) in [4.78, 5) is 3.89. The molecule has 1 aromatic heterocycles. The van der Waals surface area contributed by atoms with Crippen LogP contribution in [0.5, 0.6) is 0 Å². The molecular weight excluding hydrogens is 158 g/mol. The van der Waals surface area contributed by atoms with E-state index in [1.807, 2.05) is 0 Å². The minimum absolute atomic E-state index is 0.128. The normalized spacial score (nSPS) is 23.2. The van der Waals surface area contributed by atoms with Gasteiger partial charge in [-0.25, -0.2) is 0 Å². The lowest BCUT2D eigenvalue weighted by Crippen LogP contribution is -2.09. The Balaban J connectivity index is 1.94. The molecule has 0 amide bonds. The Morgan fingerprint density at radius 3 is 3.08 bits per heavy atom. The molecule has 1 aliphatic rings. The molecule has 1 aromatic rings. The first-order valence-corrected chi connectivity index (χ1v) is 4.04. The number of hydrogen-bond donors (Lipinski definition) is 1. The third-order valence-electron chi connectivity index (χ3n) is 1.92. The summed E-state index contributed by atoms with van der Waals surface area (Å²) < 4.78 is 10.0. The molecule has 0 radical (unpaired) electrons. The van der Waals surface area contributed by atoms with E-state index in [0.717, 1.165) is 19.4 Å². The molecule has 5 nitrogen and oxygen atoms in total. The van der Waals surface area contributed by atoms with E-state index in [0.29, 0.717) is 12.2 Å². The largest absolute Gasteiger partial charge is 0.378 e. The molecule has 0 aliphatic carbocycles. The van der Waals surface area contributed by atoms with Crippen LogP contribution >= 0.6 is 0 Å². The zero-order valence-electron chi connectivity index (χ0n) is 6.69. The lowest BCUT2D eigenvalue weighted by molar-refractivity contribution is 0.109. The first-order valence-electron chi connectivity index (χ1n) is 4.04. The van der Waals surface area contributed by atoms with Crippen molar-refractivity contribution in [1.29, 1.82) is 0 Å². The zero-order chi connectivity index (χ0) is 8.39. The summed E-state index contributed by atoms with van der Waals surface area (Å²) in [5.41, 5.74) is 5.27. The second kappa shape index (κ2) is 3.10. The number of rotatable bonds is 2. The summed E-state index contributed by atoms with van der Waals surface area (Å²) >= 11 is 0. The zero-order valence-corrected chi connectivity index (χ0v) is 6.69. The van der Waals surface area contributed by atoms with Crippen LogP contribution in [0.4, 0.5) is 6.01 Å². The molecule has 2 heterocycles. The SMILES string of the molecule is Nc1nc(CC2CCCO2)no1. The maximum atomic E-state index is 5.40. The van der Waals surface area contributed by atoms with E-state index in [4.69, 9.17) is 10.5 Å². The van der Waals surface area contributed by atoms with Crippen molar-refractivity contribution in [2.45, 2.75) is 25.4 Å². The summed E-state index contributed by atoms with van der Waals surface area (Å²) in [6, 6.07) is 0.128. The summed E-state index contributed by atoms with van der Waals surface area (Å²) in [5, 5.41) is 3.69. The first kappa shape index (κ1) is 7.54. The first-order chi connectivity index (χ1) is 5.84. The van der Waals surface area contributed by atoms with Crippen LogP contribution in [0.3, 0.4) is 0 Å². The third-order valence-corrected chi connectivity index (χ3v) is 1.92. The number of nitrogens with two attached hydrogens (primary N) is 1. The van der Waals surface area contributed by atoms with Crippen molar-refractivity contribution in [2.75, 3.05) is 12.3 Å². The van der Waals surface area contributed by atoms with E-state index in [9.17, 15) is 0 Å². The number of nitrogens with zero attached hydrogens (tertiary/aromatic N) is 2. The highest BCUT2D eigenvalue weighted by Gasteiger charge is 2.18. The summed E-state index contributed by atoms with van der Waals surface area (Å²) in [7, 11) is 0. The standard InChI is InChI=1S/C7H11N3O2/c8-7-9-6(10-12-7)4-5-2-1-3-11-5/h5H,1-4H2,(H2,8,9,10). The van der Waals surface area contributed by atoms with Crippen LogP contribution in [0.25, 0.3) is 0 Å². The second-order valence-electron chi connectivity index (χ2n) is 2.89. The maximum Gasteiger partial charge on any atom is 0.318 e. The van der Waals surface area contributed by atoms with Crippen LogP contribution in [-0.2, 0) is 11.2 Å². The van der Waals surface area contributed by atoms with E-state index in [2.05, 4.69) is 14.7 Å². The summed E-state index contributed by atoms with van der Waals surface area (Å²) in [6.07, 6.45) is 3.16. The van der Waals surface area contributed by atoms with Crippen LogP contribution in [0.2, 0.25) is 0 Å². The smallest absolute Gasteiger partial charge is 0.318 e. The van der Waals surface area contributed by atoms with Crippen LogP contribution in [-0.4, -0.2) is 22.9 Å². The molecule has 0 aromatic carbocycles. The quantitative estimate of drug-likeness (QED) is 0.692. The van der Waals surface area contributed by atoms with Crippen molar-refractivity contribution >= 4 is 6.01 Å². The molecule has 1 fully saturated rings. The van der Waals surface area contributed by atoms with Crippen molar-refractivity contribution in [3.05, 3.63) is 5.82 Å². The molecule has 1 aliphatic heterocycles. The number of aromatic nitrogens is 2. The molecule has 1 unspecified atom stereocenters. The molecule has 5 heteroatoms. The van der Waals surface area contributed by atoms with Gasteiger partial charge in [0.1, 0.15) is 0 Å². The fraction of sp³-hybridized carbons (Fsp3) is 0.714. The predicted molar refractivity (Wildman–Crippen MR) is 41.4 cm³/mol. The van der Waals surface area contributed by atoms with Gasteiger partial charge >= 0.3 is 6.01 Å². The highest BCUT2D eigenvalue weighted by atomic mass is 16.5. The predicted octanol–water partition coefficient (Wildman–Crippen LogP) is 0.373. The maximum absolute atomic E-state index is 5.40. The third kappa shape index (κ3) is 1.55. The van der Waals surface area contributed by atoms with Crippen molar-refractivity contribution in [3.63, 3.8) is 0 Å². The average Bonchev–Trinajstić information content (AvgIpc) is 2.63. The molecule has 2 rings (SSSR count). The molecule has 0 bridgehead atoms. The average molecular weight is 169 g/mol. The van der Waals surface area contributed by atoms with Gasteiger partial charge in [0, 0.05) is 13.0 Å². The fourth-order valence-electron chi connectivity index (χ4n) is 1.36. The Morgan fingerprint density at radius 1 is 1.58 bits per heavy atom. The Bertz CT molecular complexity index is 255. The van der Waals surface area contributed by atoms with Crippen LogP contribution < -0.4 is 5.73 Å². The Hall–Kier alpha value is -1.10. The van der Waals surface area contributed by atoms with Crippen molar-refractivity contribution in [3.8, 4) is 0 Å². The fourth-order valence-corrected chi connectivity index (χ4v) is 1.36. The van der Waals surface area contributed by atoms with E-state index < -0.39 is 0 Å². The van der Waals surface area contributed by atoms with Crippen LogP contribution in [0.1, 0.15) is 18.7 Å². The molecule has 0 spiro atoms. The molecule has 2 N–H and O–H groups in total. The number of nitrogen functional groups attached to an aromatic ring is 1. The number of hydrogen-bond acceptors (Lipinski definition) is 5. The van der Waals surface area contributed by atoms with Gasteiger partial charge in [-0.3, -0.25) is 0 Å². The van der Waals surface area contributed by atoms with Gasteiger partial charge in [-0.2, -0.15) is 4.98 Å². The molecule has 1 atom stereocenters. The van der Waals surface area contributed by atoms with Gasteiger partial charge in [0.15, 0.2) is 5.82 Å². The van der Waals surface area contributed by atoms with Gasteiger partial charge in [0.2, 0.25) is 0 Å². The lowest BCUT2D eigenvalue weighted by atomic mass is 10.2. The molecule has 12 heavy (non-hydrogen) atoms. The summed E-state index contributed by atoms with van der Waals surface area (Å²) in [6.45, 7) is 0.845. The number of anilines is 1. The van der Waals surface area contributed by atoms with Gasteiger partial charge in [-0.15, -0.1) is 0 Å². The Labute approximate surface area is 69.9 Å². The van der Waals surface area contributed by atoms with Gasteiger partial charge in [0.25, 0.3) is 0 Å². The van der Waals surface area contributed by atoms with E-state index in [-0.39, 0.29) is 12.1 Å². The highest BCUT2D eigenvalue weighted by molar-refractivity contribution is 5.07. The minimum Gasteiger partial charge on any atom is -0.378 e. The molecule has 0 saturated carbocycles. The second-order valence-corrected chi connectivity index (χ2v) is 2.89. The van der Waals surface area contributed by atoms with E-state index in [1.54, 1.807) is 0 Å². The summed E-state index contributed by atoms with van der Waals surface area (Å²) in [5.74, 6) is 0.638. The molecule has 66 valence electrons. The Kier molecular flexibility index (Phi) is 1.95.